The van der Waals surface area contributed by atoms with Gasteiger partial charge in [-0.25, -0.2) is 0 Å². The number of nitrogens with zero attached hydrogens (tertiary/aromatic N) is 2. The quantitative estimate of drug-likeness (QED) is 0.451. The van der Waals surface area contributed by atoms with Gasteiger partial charge in [0.1, 0.15) is 0 Å². The van der Waals surface area contributed by atoms with E-state index in [2.05, 4.69) is 36.2 Å². The zero-order chi connectivity index (χ0) is 7.56. The molecule has 0 bridgehead atoms. The topological polar surface area (TPSA) is 6.48 Å². The van der Waals surface area contributed by atoms with E-state index in [0.717, 1.165) is 19.6 Å². The van der Waals surface area contributed by atoms with Crippen LogP contribution in [0.2, 0.25) is 0 Å². The van der Waals surface area contributed by atoms with Crippen molar-refractivity contribution in [2.24, 2.45) is 0 Å². The van der Waals surface area contributed by atoms with Crippen LogP contribution in [0, 0.1) is 0 Å². The van der Waals surface area contributed by atoms with Crippen LogP contribution in [0.15, 0.2) is 18.0 Å². The summed E-state index contributed by atoms with van der Waals surface area (Å²) in [5.74, 6) is 0. The lowest BCUT2D eigenvalue weighted by atomic mass is 10.3. The zero-order valence-electron chi connectivity index (χ0n) is 6.72. The van der Waals surface area contributed by atoms with Crippen molar-refractivity contribution in [2.75, 3.05) is 33.7 Å². The Kier molecular flexibility index (Phi) is 2.15. The van der Waals surface area contributed by atoms with Crippen molar-refractivity contribution >= 4 is 0 Å². The maximum Gasteiger partial charge on any atom is 0.0698 e. The first kappa shape index (κ1) is 7.39. The van der Waals surface area contributed by atoms with Gasteiger partial charge >= 0.3 is 0 Å². The molecule has 2 nitrogen and oxygen atoms in total. The van der Waals surface area contributed by atoms with Gasteiger partial charge in [-0.15, -0.1) is 5.73 Å². The van der Waals surface area contributed by atoms with Crippen molar-refractivity contribution in [3.8, 4) is 0 Å². The van der Waals surface area contributed by atoms with Crippen molar-refractivity contribution in [1.29, 1.82) is 0 Å². The predicted octanol–water partition coefficient (Wildman–Crippen LogP) is 0.532. The number of likely N-dealkylation sites (N-methyl/N-ethyl adjacent to an activating group) is 2. The van der Waals surface area contributed by atoms with E-state index in [9.17, 15) is 0 Å². The molecule has 0 aromatic heterocycles. The smallest absolute Gasteiger partial charge is 0.0698 e. The fourth-order valence-electron chi connectivity index (χ4n) is 1.10. The highest BCUT2D eigenvalue weighted by Crippen LogP contribution is 2.06. The van der Waals surface area contributed by atoms with Crippen LogP contribution in [0.1, 0.15) is 0 Å². The number of hydrogen-bond acceptors (Lipinski definition) is 2. The van der Waals surface area contributed by atoms with Gasteiger partial charge < -0.3 is 4.90 Å². The molecule has 0 atom stereocenters. The molecule has 0 unspecified atom stereocenters. The highest BCUT2D eigenvalue weighted by Gasteiger charge is 2.13. The Hall–Kier alpha value is -0.720. The Bertz CT molecular complexity index is 168. The normalized spacial score (nSPS) is 21.0. The maximum atomic E-state index is 3.64. The van der Waals surface area contributed by atoms with Crippen molar-refractivity contribution < 1.29 is 0 Å². The average molecular weight is 138 g/mol. The molecule has 0 aromatic carbocycles. The van der Waals surface area contributed by atoms with Crippen LogP contribution in [0.3, 0.4) is 0 Å². The van der Waals surface area contributed by atoms with Crippen molar-refractivity contribution in [3.63, 3.8) is 0 Å². The molecule has 2 heteroatoms. The van der Waals surface area contributed by atoms with E-state index in [1.807, 2.05) is 0 Å². The number of rotatable bonds is 0. The molecule has 0 radical (unpaired) electrons. The highest BCUT2D eigenvalue weighted by molar-refractivity contribution is 5.02. The molecular formula is C8H14N2. The van der Waals surface area contributed by atoms with Gasteiger partial charge in [-0.2, -0.15) is 0 Å². The van der Waals surface area contributed by atoms with Crippen LogP contribution in [-0.4, -0.2) is 43.5 Å². The van der Waals surface area contributed by atoms with E-state index < -0.39 is 0 Å². The Labute approximate surface area is 62.4 Å². The van der Waals surface area contributed by atoms with Gasteiger partial charge in [0.05, 0.1) is 5.70 Å². The highest BCUT2D eigenvalue weighted by atomic mass is 15.2. The second-order valence-corrected chi connectivity index (χ2v) is 2.78. The lowest BCUT2D eigenvalue weighted by Crippen LogP contribution is -2.40. The summed E-state index contributed by atoms with van der Waals surface area (Å²) >= 11 is 0. The lowest BCUT2D eigenvalue weighted by molar-refractivity contribution is 0.230. The summed E-state index contributed by atoms with van der Waals surface area (Å²) in [4.78, 5) is 4.47. The van der Waals surface area contributed by atoms with Gasteiger partial charge in [-0.3, -0.25) is 4.90 Å². The third kappa shape index (κ3) is 1.41. The molecule has 1 fully saturated rings. The largest absolute Gasteiger partial charge is 0.369 e. The molecule has 1 saturated heterocycles. The molecule has 1 rings (SSSR count). The first-order valence-electron chi connectivity index (χ1n) is 3.52. The summed E-state index contributed by atoms with van der Waals surface area (Å²) in [5.41, 5.74) is 4.14. The predicted molar refractivity (Wildman–Crippen MR) is 42.8 cm³/mol. The monoisotopic (exact) mass is 138 g/mol. The molecule has 1 heterocycles. The van der Waals surface area contributed by atoms with Crippen LogP contribution in [0.5, 0.6) is 0 Å². The molecule has 10 heavy (non-hydrogen) atoms. The second-order valence-electron chi connectivity index (χ2n) is 2.78. The molecular weight excluding hydrogens is 124 g/mol. The van der Waals surface area contributed by atoms with Gasteiger partial charge in [0.15, 0.2) is 0 Å². The van der Waals surface area contributed by atoms with Gasteiger partial charge in [0.25, 0.3) is 0 Å². The number of hydrogen-bond donors (Lipinski definition) is 0. The fourth-order valence-corrected chi connectivity index (χ4v) is 1.10. The van der Waals surface area contributed by atoms with Gasteiger partial charge in [-0.1, -0.05) is 6.58 Å². The van der Waals surface area contributed by atoms with E-state index in [1.54, 1.807) is 0 Å². The van der Waals surface area contributed by atoms with Crippen molar-refractivity contribution in [1.82, 2.24) is 9.80 Å². The molecule has 0 aliphatic carbocycles. The van der Waals surface area contributed by atoms with Crippen molar-refractivity contribution in [2.45, 2.75) is 0 Å². The third-order valence-corrected chi connectivity index (χ3v) is 1.90. The summed E-state index contributed by atoms with van der Waals surface area (Å²) in [6, 6.07) is 0. The maximum absolute atomic E-state index is 3.64. The van der Waals surface area contributed by atoms with E-state index in [-0.39, 0.29) is 0 Å². The third-order valence-electron chi connectivity index (χ3n) is 1.90. The summed E-state index contributed by atoms with van der Waals surface area (Å²) in [5, 5.41) is 0. The van der Waals surface area contributed by atoms with Crippen LogP contribution in [0.4, 0.5) is 0 Å². The fraction of sp³-hybridized carbons (Fsp3) is 0.625. The standard InChI is InChI=1S/C8H14N2/c1-4-8-7-9(2)5-6-10(8)3/h1,5-7H2,2-3H3. The van der Waals surface area contributed by atoms with Crippen LogP contribution >= 0.6 is 0 Å². The SMILES string of the molecule is C=C=C1CN(C)CCN1C. The van der Waals surface area contributed by atoms with E-state index in [4.69, 9.17) is 0 Å². The number of piperazine rings is 1. The van der Waals surface area contributed by atoms with Crippen LogP contribution in [0.25, 0.3) is 0 Å². The molecule has 0 spiro atoms. The van der Waals surface area contributed by atoms with E-state index >= 15 is 0 Å². The molecule has 1 aliphatic heterocycles. The van der Waals surface area contributed by atoms with Crippen LogP contribution in [-0.2, 0) is 0 Å². The lowest BCUT2D eigenvalue weighted by Gasteiger charge is -2.32. The van der Waals surface area contributed by atoms with Gasteiger partial charge in [-0.05, 0) is 7.05 Å². The summed E-state index contributed by atoms with van der Waals surface area (Å²) in [6.07, 6.45) is 0. The molecule has 0 aromatic rings. The average Bonchev–Trinajstić information content (AvgIpc) is 1.94. The second kappa shape index (κ2) is 2.91. The van der Waals surface area contributed by atoms with Crippen LogP contribution < -0.4 is 0 Å². The Morgan fingerprint density at radius 1 is 1.40 bits per heavy atom. The summed E-state index contributed by atoms with van der Waals surface area (Å²) in [6.45, 7) is 6.86. The molecule has 56 valence electrons. The molecule has 1 aliphatic rings. The van der Waals surface area contributed by atoms with Gasteiger partial charge in [0.2, 0.25) is 0 Å². The minimum absolute atomic E-state index is 0.986. The Morgan fingerprint density at radius 3 is 2.60 bits per heavy atom. The Morgan fingerprint density at radius 2 is 2.10 bits per heavy atom. The van der Waals surface area contributed by atoms with E-state index in [0.29, 0.717) is 0 Å². The molecule has 0 N–H and O–H groups in total. The van der Waals surface area contributed by atoms with Gasteiger partial charge in [0, 0.05) is 26.7 Å². The minimum atomic E-state index is 0.986. The first-order valence-corrected chi connectivity index (χ1v) is 3.52. The molecule has 0 saturated carbocycles. The van der Waals surface area contributed by atoms with Crippen molar-refractivity contribution in [3.05, 3.63) is 18.0 Å². The molecule has 0 amide bonds. The zero-order valence-corrected chi connectivity index (χ0v) is 6.72. The summed E-state index contributed by atoms with van der Waals surface area (Å²) < 4.78 is 0. The minimum Gasteiger partial charge on any atom is -0.369 e. The van der Waals surface area contributed by atoms with E-state index in [1.165, 1.54) is 5.70 Å². The Balaban J connectivity index is 2.63. The first-order chi connectivity index (χ1) is 4.74. The summed E-state index contributed by atoms with van der Waals surface area (Å²) in [7, 11) is 4.20.